The Bertz CT molecular complexity index is 100.0. The van der Waals surface area contributed by atoms with Crippen LogP contribution in [0.5, 0.6) is 0 Å². The van der Waals surface area contributed by atoms with Gasteiger partial charge < -0.3 is 22.9 Å². The van der Waals surface area contributed by atoms with E-state index in [1.807, 2.05) is 0 Å². The molecule has 11 heavy (non-hydrogen) atoms. The zero-order valence-corrected chi connectivity index (χ0v) is 7.72. The lowest BCUT2D eigenvalue weighted by Gasteiger charge is -2.39. The van der Waals surface area contributed by atoms with Gasteiger partial charge >= 0.3 is 0 Å². The van der Waals surface area contributed by atoms with Crippen LogP contribution in [0.4, 0.5) is 0 Å². The first kappa shape index (κ1) is 10.8. The summed E-state index contributed by atoms with van der Waals surface area (Å²) < 4.78 is 5.75. The third-order valence-electron chi connectivity index (χ3n) is 2.15. The zero-order chi connectivity index (χ0) is 10.4. The van der Waals surface area contributed by atoms with Crippen LogP contribution in [0.3, 0.4) is 0 Å². The van der Waals surface area contributed by atoms with E-state index in [9.17, 15) is 0 Å². The van der Waals surface area contributed by atoms with Gasteiger partial charge in [0, 0.05) is 25.5 Å². The Kier molecular flexibility index (Phi) is 3.96. The quantitative estimate of drug-likeness (QED) is 0.428. The van der Waals surface area contributed by atoms with E-state index >= 15 is 0 Å². The van der Waals surface area contributed by atoms with Gasteiger partial charge in [0.25, 0.3) is 0 Å². The normalized spacial score (nSPS) is 21.9. The molecule has 0 aliphatic rings. The second-order valence-electron chi connectivity index (χ2n) is 3.24. The van der Waals surface area contributed by atoms with E-state index in [1.165, 1.54) is 7.40 Å². The van der Waals surface area contributed by atoms with Gasteiger partial charge in [0.15, 0.2) is 0 Å². The predicted octanol–water partition coefficient (Wildman–Crippen LogP) is -1.03. The molecule has 0 aliphatic carbocycles. The van der Waals surface area contributed by atoms with Gasteiger partial charge in [0.2, 0.25) is 0 Å². The number of hydrogen-bond acceptors (Lipinski definition) is 4. The molecule has 8 N–H and O–H groups in total. The lowest BCUT2D eigenvalue weighted by Crippen LogP contribution is -2.69. The maximum absolute atomic E-state index is 5.77. The first-order chi connectivity index (χ1) is 5.37. The SMILES string of the molecule is CC(N)(CN)C(C)(N)CN.[3H]C. The largest absolute Gasteiger partial charge is 0.329 e. The van der Waals surface area contributed by atoms with E-state index in [-0.39, 0.29) is 0 Å². The molecule has 0 rings (SSSR count). The minimum Gasteiger partial charge on any atom is -0.329 e. The van der Waals surface area contributed by atoms with Crippen LogP contribution in [0.1, 0.15) is 22.6 Å². The number of hydrogen-bond donors (Lipinski definition) is 4. The van der Waals surface area contributed by atoms with Gasteiger partial charge in [0.1, 0.15) is 0 Å². The van der Waals surface area contributed by atoms with Crippen molar-refractivity contribution in [3.05, 3.63) is 0 Å². The number of nitrogens with two attached hydrogens (primary N) is 4. The average molecular weight is 164 g/mol. The van der Waals surface area contributed by atoms with Gasteiger partial charge in [-0.1, -0.05) is 7.40 Å². The van der Waals surface area contributed by atoms with Crippen LogP contribution in [0.15, 0.2) is 0 Å². The highest BCUT2D eigenvalue weighted by atomic mass is 15.0. The van der Waals surface area contributed by atoms with Crippen molar-refractivity contribution in [2.24, 2.45) is 22.9 Å². The molecule has 0 fully saturated rings. The summed E-state index contributed by atoms with van der Waals surface area (Å²) in [5.74, 6) is 0. The van der Waals surface area contributed by atoms with Crippen molar-refractivity contribution in [1.29, 1.82) is 0 Å². The third kappa shape index (κ3) is 2.75. The van der Waals surface area contributed by atoms with Crippen LogP contribution >= 0.6 is 0 Å². The lowest BCUT2D eigenvalue weighted by atomic mass is 9.81. The molecule has 0 bridgehead atoms. The topological polar surface area (TPSA) is 104 Å². The molecule has 0 aromatic heterocycles. The summed E-state index contributed by atoms with van der Waals surface area (Å²) in [5, 5.41) is 0. The molecule has 2 unspecified atom stereocenters. The minimum atomic E-state index is -0.582. The minimum absolute atomic E-state index is 0.344. The molecule has 0 spiro atoms. The molecule has 0 saturated carbocycles. The summed E-state index contributed by atoms with van der Waals surface area (Å²) in [6.45, 7) is 4.30. The predicted molar refractivity (Wildman–Crippen MR) is 50.0 cm³/mol. The molecule has 0 aromatic rings. The zero-order valence-electron chi connectivity index (χ0n) is 8.72. The Balaban J connectivity index is 0. The highest BCUT2D eigenvalue weighted by Gasteiger charge is 2.35. The maximum atomic E-state index is 5.77. The fraction of sp³-hybridized carbons (Fsp3) is 1.00. The van der Waals surface area contributed by atoms with Crippen molar-refractivity contribution >= 4 is 0 Å². The van der Waals surface area contributed by atoms with Crippen LogP contribution in [-0.2, 0) is 0 Å². The van der Waals surface area contributed by atoms with Gasteiger partial charge in [-0.05, 0) is 13.8 Å². The summed E-state index contributed by atoms with van der Waals surface area (Å²) in [6.07, 6.45) is 0. The molecular weight excluding hydrogens is 140 g/mol. The van der Waals surface area contributed by atoms with Crippen LogP contribution < -0.4 is 22.9 Å². The summed E-state index contributed by atoms with van der Waals surface area (Å²) >= 11 is 0. The Morgan fingerprint density at radius 2 is 1.27 bits per heavy atom. The number of rotatable bonds is 3. The van der Waals surface area contributed by atoms with Gasteiger partial charge in [-0.2, -0.15) is 0 Å². The summed E-state index contributed by atoms with van der Waals surface area (Å²) in [5.41, 5.74) is 21.2. The molecule has 4 nitrogen and oxygen atoms in total. The molecule has 2 atom stereocenters. The van der Waals surface area contributed by atoms with Gasteiger partial charge in [0.05, 0.1) is 0 Å². The molecule has 0 aromatic carbocycles. The van der Waals surface area contributed by atoms with Gasteiger partial charge in [-0.25, -0.2) is 0 Å². The first-order valence-electron chi connectivity index (χ1n) is 4.35. The fourth-order valence-electron chi connectivity index (χ4n) is 0.466. The van der Waals surface area contributed by atoms with Crippen molar-refractivity contribution < 1.29 is 1.37 Å². The molecule has 0 heterocycles. The standard InChI is InChI=1S/C6H18N4.CH4/c1-5(9,3-7)6(2,10)4-8;/h3-4,7-10H2,1-2H3;1H4/i;1T. The summed E-state index contributed by atoms with van der Waals surface area (Å²) in [6, 6.07) is 0. The van der Waals surface area contributed by atoms with Crippen LogP contribution in [0, 0.1) is 0 Å². The smallest absolute Gasteiger partial charge is 0.0442 e. The van der Waals surface area contributed by atoms with Crippen LogP contribution in [0.25, 0.3) is 0 Å². The van der Waals surface area contributed by atoms with E-state index in [1.54, 1.807) is 13.8 Å². The van der Waals surface area contributed by atoms with Gasteiger partial charge in [-0.3, -0.25) is 0 Å². The Morgan fingerprint density at radius 1 is 1.09 bits per heavy atom. The highest BCUT2D eigenvalue weighted by molar-refractivity contribution is 5.02. The average Bonchev–Trinajstić information content (AvgIpc) is 2.08. The van der Waals surface area contributed by atoms with Crippen molar-refractivity contribution in [2.45, 2.75) is 32.3 Å². The molecule has 0 saturated heterocycles. The van der Waals surface area contributed by atoms with Crippen LogP contribution in [0.2, 0.25) is 0 Å². The Hall–Kier alpha value is -0.160. The van der Waals surface area contributed by atoms with Crippen molar-refractivity contribution in [2.75, 3.05) is 13.1 Å². The third-order valence-corrected chi connectivity index (χ3v) is 2.15. The maximum Gasteiger partial charge on any atom is 0.0442 e. The molecule has 0 amide bonds. The molecule has 0 radical (unpaired) electrons. The summed E-state index contributed by atoms with van der Waals surface area (Å²) in [4.78, 5) is 0. The van der Waals surface area contributed by atoms with E-state index in [2.05, 4.69) is 0 Å². The highest BCUT2D eigenvalue weighted by Crippen LogP contribution is 2.12. The fourth-order valence-corrected chi connectivity index (χ4v) is 0.466. The Labute approximate surface area is 70.7 Å². The summed E-state index contributed by atoms with van der Waals surface area (Å²) in [7, 11) is 1.25. The van der Waals surface area contributed by atoms with E-state index in [0.717, 1.165) is 0 Å². The van der Waals surface area contributed by atoms with Crippen molar-refractivity contribution in [3.8, 4) is 0 Å². The molecular formula is C7H22N4. The lowest BCUT2D eigenvalue weighted by molar-refractivity contribution is 0.275. The van der Waals surface area contributed by atoms with Crippen molar-refractivity contribution in [3.63, 3.8) is 0 Å². The van der Waals surface area contributed by atoms with Crippen molar-refractivity contribution in [1.82, 2.24) is 0 Å². The van der Waals surface area contributed by atoms with E-state index < -0.39 is 11.1 Å². The Morgan fingerprint density at radius 3 is 1.36 bits per heavy atom. The molecule has 70 valence electrons. The van der Waals surface area contributed by atoms with Crippen LogP contribution in [-0.4, -0.2) is 24.2 Å². The second kappa shape index (κ2) is 4.01. The molecule has 0 aliphatic heterocycles. The second-order valence-corrected chi connectivity index (χ2v) is 3.24. The van der Waals surface area contributed by atoms with E-state index in [4.69, 9.17) is 24.3 Å². The molecule has 4 heteroatoms. The van der Waals surface area contributed by atoms with E-state index in [0.29, 0.717) is 13.1 Å². The first-order valence-corrected chi connectivity index (χ1v) is 3.35. The monoisotopic (exact) mass is 164 g/mol. The van der Waals surface area contributed by atoms with Gasteiger partial charge in [-0.15, -0.1) is 0 Å².